The van der Waals surface area contributed by atoms with Crippen LogP contribution in [-0.2, 0) is 19.0 Å². The molecule has 0 aromatic carbocycles. The van der Waals surface area contributed by atoms with Gasteiger partial charge in [0.05, 0.1) is 25.0 Å². The Labute approximate surface area is 108 Å². The third-order valence-corrected chi connectivity index (χ3v) is 4.46. The quantitative estimate of drug-likeness (QED) is 0.708. The topological polar surface area (TPSA) is 44.8 Å². The molecule has 0 radical (unpaired) electrons. The highest BCUT2D eigenvalue weighted by molar-refractivity contribution is 5.71. The second-order valence-corrected chi connectivity index (χ2v) is 6.14. The van der Waals surface area contributed by atoms with Gasteiger partial charge in [-0.15, -0.1) is 0 Å². The fourth-order valence-electron chi connectivity index (χ4n) is 3.62. The van der Waals surface area contributed by atoms with Crippen molar-refractivity contribution in [1.82, 2.24) is 0 Å². The van der Waals surface area contributed by atoms with Crippen LogP contribution in [0.15, 0.2) is 0 Å². The molecule has 1 heterocycles. The van der Waals surface area contributed by atoms with Crippen molar-refractivity contribution < 1.29 is 19.0 Å². The van der Waals surface area contributed by atoms with Crippen molar-refractivity contribution in [3.05, 3.63) is 0 Å². The van der Waals surface area contributed by atoms with Crippen LogP contribution in [0.1, 0.15) is 39.5 Å². The van der Waals surface area contributed by atoms with Crippen molar-refractivity contribution in [1.29, 1.82) is 0 Å². The van der Waals surface area contributed by atoms with Gasteiger partial charge in [-0.3, -0.25) is 4.79 Å². The summed E-state index contributed by atoms with van der Waals surface area (Å²) in [5.41, 5.74) is 0. The normalized spacial score (nSPS) is 37.4. The number of hydrogen-bond acceptors (Lipinski definition) is 4. The molecule has 18 heavy (non-hydrogen) atoms. The number of rotatable bonds is 2. The molecule has 2 aliphatic carbocycles. The number of carbonyl (C=O) groups excluding carboxylic acids is 1. The number of hydrogen-bond donors (Lipinski definition) is 0. The van der Waals surface area contributed by atoms with Gasteiger partial charge in [-0.2, -0.15) is 0 Å². The Morgan fingerprint density at radius 1 is 1.28 bits per heavy atom. The average Bonchev–Trinajstić information content (AvgIpc) is 2.87. The molecule has 1 spiro atoms. The van der Waals surface area contributed by atoms with Crippen molar-refractivity contribution >= 4 is 5.97 Å². The van der Waals surface area contributed by atoms with E-state index in [9.17, 15) is 4.79 Å². The third-order valence-electron chi connectivity index (χ3n) is 4.46. The molecule has 0 amide bonds. The van der Waals surface area contributed by atoms with E-state index >= 15 is 0 Å². The second-order valence-electron chi connectivity index (χ2n) is 6.14. The van der Waals surface area contributed by atoms with E-state index in [1.54, 1.807) is 0 Å². The number of carbonyl (C=O) groups is 1. The van der Waals surface area contributed by atoms with Crippen LogP contribution in [0.4, 0.5) is 0 Å². The molecule has 3 atom stereocenters. The van der Waals surface area contributed by atoms with Crippen LogP contribution in [0.25, 0.3) is 0 Å². The highest BCUT2D eigenvalue weighted by Crippen LogP contribution is 2.55. The molecule has 3 fully saturated rings. The lowest BCUT2D eigenvalue weighted by Gasteiger charge is -2.43. The van der Waals surface area contributed by atoms with Crippen LogP contribution in [0.2, 0.25) is 0 Å². The number of ether oxygens (including phenoxy) is 3. The minimum atomic E-state index is -0.441. The summed E-state index contributed by atoms with van der Waals surface area (Å²) in [7, 11) is 0. The maximum absolute atomic E-state index is 11.7. The lowest BCUT2D eigenvalue weighted by atomic mass is 9.90. The van der Waals surface area contributed by atoms with Gasteiger partial charge in [0.15, 0.2) is 5.79 Å². The van der Waals surface area contributed by atoms with Gasteiger partial charge in [-0.05, 0) is 25.2 Å². The Balaban J connectivity index is 1.70. The molecule has 1 aliphatic heterocycles. The van der Waals surface area contributed by atoms with E-state index in [4.69, 9.17) is 14.2 Å². The zero-order valence-corrected chi connectivity index (χ0v) is 11.2. The summed E-state index contributed by atoms with van der Waals surface area (Å²) in [5, 5.41) is 0. The SMILES string of the molecule is CC(C)C(=O)OC1CC2CC1C1(C2)OCCCO1. The second kappa shape index (κ2) is 4.49. The average molecular weight is 254 g/mol. The Bertz CT molecular complexity index is 333. The van der Waals surface area contributed by atoms with Crippen LogP contribution in [-0.4, -0.2) is 31.1 Å². The maximum Gasteiger partial charge on any atom is 0.308 e. The molecule has 0 aromatic heterocycles. The maximum atomic E-state index is 11.7. The molecule has 4 heteroatoms. The van der Waals surface area contributed by atoms with Gasteiger partial charge in [0.25, 0.3) is 0 Å². The first kappa shape index (κ1) is 12.4. The van der Waals surface area contributed by atoms with E-state index in [0.717, 1.165) is 38.9 Å². The molecule has 0 aromatic rings. The van der Waals surface area contributed by atoms with Gasteiger partial charge in [0.1, 0.15) is 6.10 Å². The Hall–Kier alpha value is -0.610. The summed E-state index contributed by atoms with van der Waals surface area (Å²) in [6.45, 7) is 5.29. The lowest BCUT2D eigenvalue weighted by molar-refractivity contribution is -0.302. The van der Waals surface area contributed by atoms with Crippen molar-refractivity contribution in [2.75, 3.05) is 13.2 Å². The molecule has 3 aliphatic rings. The van der Waals surface area contributed by atoms with Gasteiger partial charge < -0.3 is 14.2 Å². The van der Waals surface area contributed by atoms with Crippen LogP contribution < -0.4 is 0 Å². The van der Waals surface area contributed by atoms with Crippen LogP contribution in [0.5, 0.6) is 0 Å². The summed E-state index contributed by atoms with van der Waals surface area (Å²) >= 11 is 0. The lowest BCUT2D eigenvalue weighted by Crippen LogP contribution is -2.50. The van der Waals surface area contributed by atoms with Crippen molar-refractivity contribution in [2.24, 2.45) is 17.8 Å². The van der Waals surface area contributed by atoms with Crippen molar-refractivity contribution in [3.63, 3.8) is 0 Å². The van der Waals surface area contributed by atoms with Gasteiger partial charge in [-0.25, -0.2) is 0 Å². The monoisotopic (exact) mass is 254 g/mol. The molecule has 0 N–H and O–H groups in total. The predicted octanol–water partition coefficient (Wildman–Crippen LogP) is 2.12. The van der Waals surface area contributed by atoms with Gasteiger partial charge in [0.2, 0.25) is 0 Å². The highest BCUT2D eigenvalue weighted by Gasteiger charge is 2.59. The van der Waals surface area contributed by atoms with Gasteiger partial charge in [-0.1, -0.05) is 13.8 Å². The molecule has 2 saturated carbocycles. The molecule has 3 rings (SSSR count). The molecular weight excluding hydrogens is 232 g/mol. The van der Waals surface area contributed by atoms with E-state index in [1.807, 2.05) is 13.8 Å². The van der Waals surface area contributed by atoms with E-state index in [-0.39, 0.29) is 23.9 Å². The molecular formula is C14H22O4. The summed E-state index contributed by atoms with van der Waals surface area (Å²) in [4.78, 5) is 11.7. The first-order valence-electron chi connectivity index (χ1n) is 7.09. The summed E-state index contributed by atoms with van der Waals surface area (Å²) < 4.78 is 17.5. The van der Waals surface area contributed by atoms with E-state index in [0.29, 0.717) is 5.92 Å². The smallest absolute Gasteiger partial charge is 0.308 e. The number of esters is 1. The highest BCUT2D eigenvalue weighted by atomic mass is 16.7. The van der Waals surface area contributed by atoms with E-state index in [1.165, 1.54) is 0 Å². The van der Waals surface area contributed by atoms with E-state index < -0.39 is 5.79 Å². The fourth-order valence-corrected chi connectivity index (χ4v) is 3.62. The number of fused-ring (bicyclic) bond motifs is 3. The van der Waals surface area contributed by atoms with Gasteiger partial charge >= 0.3 is 5.97 Å². The first-order chi connectivity index (χ1) is 8.61. The van der Waals surface area contributed by atoms with Crippen LogP contribution >= 0.6 is 0 Å². The minimum absolute atomic E-state index is 0.00301. The molecule has 4 nitrogen and oxygen atoms in total. The Kier molecular flexibility index (Phi) is 3.10. The van der Waals surface area contributed by atoms with Crippen molar-refractivity contribution in [3.8, 4) is 0 Å². The molecule has 2 bridgehead atoms. The zero-order valence-electron chi connectivity index (χ0n) is 11.2. The van der Waals surface area contributed by atoms with Gasteiger partial charge in [0, 0.05) is 6.42 Å². The summed E-state index contributed by atoms with van der Waals surface area (Å²) in [6, 6.07) is 0. The molecule has 1 saturated heterocycles. The fraction of sp³-hybridized carbons (Fsp3) is 0.929. The summed E-state index contributed by atoms with van der Waals surface area (Å²) in [6.07, 6.45) is 4.01. The minimum Gasteiger partial charge on any atom is -0.462 e. The predicted molar refractivity (Wildman–Crippen MR) is 64.8 cm³/mol. The summed E-state index contributed by atoms with van der Waals surface area (Å²) in [5.74, 6) is 0.235. The Morgan fingerprint density at radius 2 is 2.00 bits per heavy atom. The third kappa shape index (κ3) is 1.95. The first-order valence-corrected chi connectivity index (χ1v) is 7.09. The standard InChI is InChI=1S/C14H22O4/c1-9(2)13(15)18-12-7-10-6-11(12)14(8-10)16-4-3-5-17-14/h9-12H,3-8H2,1-2H3. The Morgan fingerprint density at radius 3 is 2.61 bits per heavy atom. The van der Waals surface area contributed by atoms with E-state index in [2.05, 4.69) is 0 Å². The van der Waals surface area contributed by atoms with Crippen LogP contribution in [0.3, 0.4) is 0 Å². The largest absolute Gasteiger partial charge is 0.462 e. The molecule has 102 valence electrons. The van der Waals surface area contributed by atoms with Crippen LogP contribution in [0, 0.1) is 17.8 Å². The zero-order chi connectivity index (χ0) is 12.8. The molecule has 3 unspecified atom stereocenters. The van der Waals surface area contributed by atoms with Crippen molar-refractivity contribution in [2.45, 2.75) is 51.4 Å².